The summed E-state index contributed by atoms with van der Waals surface area (Å²) in [6.07, 6.45) is 0.974. The lowest BCUT2D eigenvalue weighted by molar-refractivity contribution is -0.116. The van der Waals surface area contributed by atoms with E-state index in [0.29, 0.717) is 5.16 Å². The van der Waals surface area contributed by atoms with Crippen LogP contribution in [0.4, 0.5) is 5.69 Å². The maximum absolute atomic E-state index is 13.1. The van der Waals surface area contributed by atoms with E-state index < -0.39 is 0 Å². The second-order valence-corrected chi connectivity index (χ2v) is 7.57. The Morgan fingerprint density at radius 2 is 1.89 bits per heavy atom. The number of anilines is 1. The number of fused-ring (bicyclic) bond motifs is 1. The van der Waals surface area contributed by atoms with Gasteiger partial charge in [-0.2, -0.15) is 0 Å². The van der Waals surface area contributed by atoms with Gasteiger partial charge in [0.1, 0.15) is 11.1 Å². The van der Waals surface area contributed by atoms with E-state index in [0.717, 1.165) is 23.5 Å². The molecule has 2 aromatic carbocycles. The highest BCUT2D eigenvalue weighted by Gasteiger charge is 2.37. The largest absolute Gasteiger partial charge is 0.325 e. The van der Waals surface area contributed by atoms with Crippen LogP contribution in [0.3, 0.4) is 0 Å². The van der Waals surface area contributed by atoms with Crippen LogP contribution in [0.1, 0.15) is 29.9 Å². The van der Waals surface area contributed by atoms with Gasteiger partial charge in [-0.15, -0.1) is 10.2 Å². The summed E-state index contributed by atoms with van der Waals surface area (Å²) < 4.78 is 1.85. The van der Waals surface area contributed by atoms with Crippen molar-refractivity contribution in [3.8, 4) is 0 Å². The van der Waals surface area contributed by atoms with Gasteiger partial charge in [-0.1, -0.05) is 61.2 Å². The number of benzene rings is 2. The van der Waals surface area contributed by atoms with E-state index in [1.807, 2.05) is 66.2 Å². The van der Waals surface area contributed by atoms with E-state index in [-0.39, 0.29) is 17.2 Å². The van der Waals surface area contributed by atoms with Crippen molar-refractivity contribution in [2.24, 2.45) is 0 Å². The van der Waals surface area contributed by atoms with Crippen LogP contribution >= 0.6 is 11.8 Å². The molecule has 0 radical (unpaired) electrons. The number of aromatic nitrogens is 3. The van der Waals surface area contributed by atoms with Gasteiger partial charge in [0, 0.05) is 5.69 Å². The van der Waals surface area contributed by atoms with E-state index in [2.05, 4.69) is 27.9 Å². The summed E-state index contributed by atoms with van der Waals surface area (Å²) in [6, 6.07) is 17.8. The first-order valence-electron chi connectivity index (χ1n) is 8.95. The Morgan fingerprint density at radius 3 is 2.59 bits per heavy atom. The molecule has 7 heteroatoms. The summed E-state index contributed by atoms with van der Waals surface area (Å²) in [4.78, 5) is 13.1. The molecule has 0 spiro atoms. The van der Waals surface area contributed by atoms with Gasteiger partial charge in [-0.3, -0.25) is 4.79 Å². The second kappa shape index (κ2) is 7.44. The number of carbonyl (C=O) groups is 1. The number of carbonyl (C=O) groups excluding carboxylic acids is 1. The SMILES string of the molecule is CCc1ccc(NC(=O)[C@H]2Sc3nnc(C)n3N[C@H]2c2ccccc2)cc1. The van der Waals surface area contributed by atoms with E-state index in [1.165, 1.54) is 17.3 Å². The highest BCUT2D eigenvalue weighted by molar-refractivity contribution is 8.00. The van der Waals surface area contributed by atoms with Gasteiger partial charge in [0.05, 0.1) is 6.04 Å². The zero-order valence-electron chi connectivity index (χ0n) is 15.2. The number of nitrogens with zero attached hydrogens (tertiary/aromatic N) is 3. The van der Waals surface area contributed by atoms with Crippen LogP contribution in [0.2, 0.25) is 0 Å². The first-order valence-corrected chi connectivity index (χ1v) is 9.83. The predicted molar refractivity (Wildman–Crippen MR) is 107 cm³/mol. The molecule has 3 aromatic rings. The summed E-state index contributed by atoms with van der Waals surface area (Å²) in [5.41, 5.74) is 6.49. The highest BCUT2D eigenvalue weighted by Crippen LogP contribution is 2.37. The Labute approximate surface area is 162 Å². The lowest BCUT2D eigenvalue weighted by atomic mass is 10.0. The van der Waals surface area contributed by atoms with Crippen molar-refractivity contribution in [2.75, 3.05) is 10.7 Å². The zero-order chi connectivity index (χ0) is 18.8. The van der Waals surface area contributed by atoms with Crippen LogP contribution in [0.15, 0.2) is 59.8 Å². The second-order valence-electron chi connectivity index (χ2n) is 6.46. The van der Waals surface area contributed by atoms with E-state index in [9.17, 15) is 4.79 Å². The minimum atomic E-state index is -0.366. The van der Waals surface area contributed by atoms with Crippen molar-refractivity contribution in [3.05, 3.63) is 71.5 Å². The Bertz CT molecular complexity index is 939. The zero-order valence-corrected chi connectivity index (χ0v) is 16.0. The first kappa shape index (κ1) is 17.6. The molecule has 2 heterocycles. The minimum Gasteiger partial charge on any atom is -0.325 e. The van der Waals surface area contributed by atoms with Crippen molar-refractivity contribution in [1.82, 2.24) is 14.9 Å². The summed E-state index contributed by atoms with van der Waals surface area (Å²) in [5, 5.41) is 11.7. The molecule has 1 aromatic heterocycles. The number of hydrogen-bond acceptors (Lipinski definition) is 5. The number of rotatable bonds is 4. The Balaban J connectivity index is 1.62. The molecular weight excluding hydrogens is 358 g/mol. The molecular formula is C20H21N5OS. The molecule has 4 rings (SSSR count). The van der Waals surface area contributed by atoms with Crippen LogP contribution < -0.4 is 10.7 Å². The molecule has 2 N–H and O–H groups in total. The molecule has 138 valence electrons. The van der Waals surface area contributed by atoms with Crippen molar-refractivity contribution in [2.45, 2.75) is 36.7 Å². The number of hydrogen-bond donors (Lipinski definition) is 2. The Morgan fingerprint density at radius 1 is 1.15 bits per heavy atom. The molecule has 1 aliphatic rings. The summed E-state index contributed by atoms with van der Waals surface area (Å²) in [5.74, 6) is 0.713. The maximum Gasteiger partial charge on any atom is 0.240 e. The summed E-state index contributed by atoms with van der Waals surface area (Å²) >= 11 is 1.43. The van der Waals surface area contributed by atoms with Crippen molar-refractivity contribution in [1.29, 1.82) is 0 Å². The van der Waals surface area contributed by atoms with Crippen LogP contribution in [0.25, 0.3) is 0 Å². The molecule has 0 saturated carbocycles. The molecule has 6 nitrogen and oxygen atoms in total. The predicted octanol–water partition coefficient (Wildman–Crippen LogP) is 3.55. The Kier molecular flexibility index (Phi) is 4.85. The number of amides is 1. The average molecular weight is 379 g/mol. The first-order chi connectivity index (χ1) is 13.2. The lowest BCUT2D eigenvalue weighted by Crippen LogP contribution is -2.41. The molecule has 1 amide bonds. The fourth-order valence-corrected chi connectivity index (χ4v) is 4.23. The topological polar surface area (TPSA) is 71.8 Å². The molecule has 0 aliphatic carbocycles. The van der Waals surface area contributed by atoms with Gasteiger partial charge in [-0.05, 0) is 36.6 Å². The molecule has 2 atom stereocenters. The molecule has 1 aliphatic heterocycles. The van der Waals surface area contributed by atoms with Gasteiger partial charge in [0.25, 0.3) is 0 Å². The van der Waals surface area contributed by atoms with Crippen LogP contribution in [0.5, 0.6) is 0 Å². The fourth-order valence-electron chi connectivity index (χ4n) is 3.11. The minimum absolute atomic E-state index is 0.0579. The normalized spacial score (nSPS) is 18.4. The van der Waals surface area contributed by atoms with Gasteiger partial charge in [-0.25, -0.2) is 4.68 Å². The molecule has 0 saturated heterocycles. The van der Waals surface area contributed by atoms with Crippen LogP contribution in [0, 0.1) is 6.92 Å². The van der Waals surface area contributed by atoms with E-state index in [1.54, 1.807) is 0 Å². The van der Waals surface area contributed by atoms with Gasteiger partial charge < -0.3 is 10.7 Å². The van der Waals surface area contributed by atoms with E-state index in [4.69, 9.17) is 0 Å². The maximum atomic E-state index is 13.1. The number of nitrogens with one attached hydrogen (secondary N) is 2. The van der Waals surface area contributed by atoms with Crippen LogP contribution in [-0.2, 0) is 11.2 Å². The fraction of sp³-hybridized carbons (Fsp3) is 0.250. The lowest BCUT2D eigenvalue weighted by Gasteiger charge is -2.32. The Hall–Kier alpha value is -2.80. The monoisotopic (exact) mass is 379 g/mol. The molecule has 0 fully saturated rings. The quantitative estimate of drug-likeness (QED) is 0.725. The smallest absolute Gasteiger partial charge is 0.240 e. The van der Waals surface area contributed by atoms with E-state index >= 15 is 0 Å². The summed E-state index contributed by atoms with van der Waals surface area (Å²) in [7, 11) is 0. The third-order valence-electron chi connectivity index (χ3n) is 4.65. The number of aryl methyl sites for hydroxylation is 2. The molecule has 0 bridgehead atoms. The van der Waals surface area contributed by atoms with Crippen molar-refractivity contribution >= 4 is 23.4 Å². The van der Waals surface area contributed by atoms with Gasteiger partial charge >= 0.3 is 0 Å². The number of thioether (sulfide) groups is 1. The van der Waals surface area contributed by atoms with Crippen molar-refractivity contribution in [3.63, 3.8) is 0 Å². The third kappa shape index (κ3) is 3.55. The standard InChI is InChI=1S/C20H21N5OS/c1-3-14-9-11-16(12-10-14)21-19(26)18-17(15-7-5-4-6-8-15)24-25-13(2)22-23-20(25)27-18/h4-12,17-18,24H,3H2,1-2H3,(H,21,26)/t17-,18-/m0/s1. The van der Waals surface area contributed by atoms with Crippen LogP contribution in [-0.4, -0.2) is 26.0 Å². The highest BCUT2D eigenvalue weighted by atomic mass is 32.2. The summed E-state index contributed by atoms with van der Waals surface area (Å²) in [6.45, 7) is 4.00. The third-order valence-corrected chi connectivity index (χ3v) is 5.86. The van der Waals surface area contributed by atoms with Gasteiger partial charge in [0.15, 0.2) is 0 Å². The molecule has 27 heavy (non-hydrogen) atoms. The van der Waals surface area contributed by atoms with Gasteiger partial charge in [0.2, 0.25) is 11.1 Å². The van der Waals surface area contributed by atoms with Crippen molar-refractivity contribution < 1.29 is 4.79 Å². The molecule has 0 unspecified atom stereocenters. The average Bonchev–Trinajstić information content (AvgIpc) is 3.08.